The fourth-order valence-corrected chi connectivity index (χ4v) is 2.01. The number of hydrogen-bond acceptors (Lipinski definition) is 4. The van der Waals surface area contributed by atoms with Gasteiger partial charge in [0.25, 0.3) is 10.7 Å². The van der Waals surface area contributed by atoms with E-state index < -0.39 is 0 Å². The SMILES string of the molecule is CC(C)(C)NC(=O)CNC(=O)c1ccc2[nH]c(=S)oc2c1. The van der Waals surface area contributed by atoms with Gasteiger partial charge in [0.1, 0.15) is 0 Å². The standard InChI is InChI=1S/C14H17N3O3S/c1-14(2,3)17-11(18)7-15-12(19)8-4-5-9-10(6-8)20-13(21)16-9/h4-6H,7H2,1-3H3,(H,15,19)(H,16,21)(H,17,18). The van der Waals surface area contributed by atoms with Gasteiger partial charge in [-0.2, -0.15) is 0 Å². The topological polar surface area (TPSA) is 87.1 Å². The van der Waals surface area contributed by atoms with Crippen LogP contribution in [0, 0.1) is 4.84 Å². The maximum absolute atomic E-state index is 12.0. The fourth-order valence-electron chi connectivity index (χ4n) is 1.81. The highest BCUT2D eigenvalue weighted by atomic mass is 32.1. The molecule has 0 radical (unpaired) electrons. The number of aromatic amines is 1. The summed E-state index contributed by atoms with van der Waals surface area (Å²) in [4.78, 5) is 26.8. The Labute approximate surface area is 126 Å². The number of aromatic nitrogens is 1. The van der Waals surface area contributed by atoms with E-state index in [-0.39, 0.29) is 28.7 Å². The van der Waals surface area contributed by atoms with Crippen LogP contribution in [0.4, 0.5) is 0 Å². The van der Waals surface area contributed by atoms with Gasteiger partial charge in [-0.3, -0.25) is 9.59 Å². The molecule has 0 spiro atoms. The number of H-pyrrole nitrogens is 1. The Morgan fingerprint density at radius 3 is 2.71 bits per heavy atom. The number of carbonyl (C=O) groups excluding carboxylic acids is 2. The third-order valence-electron chi connectivity index (χ3n) is 2.61. The molecule has 2 rings (SSSR count). The van der Waals surface area contributed by atoms with E-state index in [2.05, 4.69) is 15.6 Å². The minimum absolute atomic E-state index is 0.0787. The lowest BCUT2D eigenvalue weighted by atomic mass is 10.1. The third-order valence-corrected chi connectivity index (χ3v) is 2.79. The first-order valence-electron chi connectivity index (χ1n) is 6.47. The van der Waals surface area contributed by atoms with Gasteiger partial charge in [-0.15, -0.1) is 0 Å². The molecule has 112 valence electrons. The van der Waals surface area contributed by atoms with Crippen LogP contribution in [-0.4, -0.2) is 28.9 Å². The fraction of sp³-hybridized carbons (Fsp3) is 0.357. The molecular weight excluding hydrogens is 290 g/mol. The summed E-state index contributed by atoms with van der Waals surface area (Å²) in [7, 11) is 0. The van der Waals surface area contributed by atoms with Gasteiger partial charge in [-0.05, 0) is 51.2 Å². The monoisotopic (exact) mass is 307 g/mol. The molecule has 21 heavy (non-hydrogen) atoms. The van der Waals surface area contributed by atoms with E-state index in [1.165, 1.54) is 0 Å². The van der Waals surface area contributed by atoms with Gasteiger partial charge in [0.2, 0.25) is 5.91 Å². The second-order valence-electron chi connectivity index (χ2n) is 5.71. The van der Waals surface area contributed by atoms with Crippen LogP contribution in [0.1, 0.15) is 31.1 Å². The van der Waals surface area contributed by atoms with Crippen molar-refractivity contribution in [3.63, 3.8) is 0 Å². The molecule has 0 bridgehead atoms. The van der Waals surface area contributed by atoms with E-state index in [0.29, 0.717) is 11.1 Å². The minimum atomic E-state index is -0.344. The smallest absolute Gasteiger partial charge is 0.266 e. The first kappa shape index (κ1) is 15.2. The van der Waals surface area contributed by atoms with E-state index in [4.69, 9.17) is 16.6 Å². The van der Waals surface area contributed by atoms with Gasteiger partial charge < -0.3 is 20.0 Å². The van der Waals surface area contributed by atoms with E-state index in [0.717, 1.165) is 5.52 Å². The summed E-state index contributed by atoms with van der Waals surface area (Å²) in [5, 5.41) is 5.33. The van der Waals surface area contributed by atoms with Crippen LogP contribution in [0.5, 0.6) is 0 Å². The van der Waals surface area contributed by atoms with Crippen LogP contribution in [0.25, 0.3) is 11.1 Å². The van der Waals surface area contributed by atoms with E-state index in [1.807, 2.05) is 20.8 Å². The number of oxazole rings is 1. The zero-order valence-corrected chi connectivity index (χ0v) is 12.9. The van der Waals surface area contributed by atoms with Crippen LogP contribution in [0.15, 0.2) is 22.6 Å². The highest BCUT2D eigenvalue weighted by molar-refractivity contribution is 7.71. The number of hydrogen-bond donors (Lipinski definition) is 3. The molecule has 0 aliphatic carbocycles. The van der Waals surface area contributed by atoms with Crippen LogP contribution < -0.4 is 10.6 Å². The lowest BCUT2D eigenvalue weighted by Crippen LogP contribution is -2.45. The molecule has 3 N–H and O–H groups in total. The summed E-state index contributed by atoms with van der Waals surface area (Å²) in [5.74, 6) is -0.584. The molecule has 0 unspecified atom stereocenters. The third kappa shape index (κ3) is 4.16. The van der Waals surface area contributed by atoms with Gasteiger partial charge in [-0.25, -0.2) is 0 Å². The van der Waals surface area contributed by atoms with Crippen molar-refractivity contribution in [3.05, 3.63) is 28.6 Å². The molecule has 6 nitrogen and oxygen atoms in total. The van der Waals surface area contributed by atoms with Gasteiger partial charge in [0.15, 0.2) is 5.58 Å². The number of rotatable bonds is 3. The van der Waals surface area contributed by atoms with Crippen molar-refractivity contribution < 1.29 is 14.0 Å². The normalized spacial score (nSPS) is 11.4. The van der Waals surface area contributed by atoms with E-state index >= 15 is 0 Å². The zero-order chi connectivity index (χ0) is 15.6. The Kier molecular flexibility index (Phi) is 4.13. The number of carbonyl (C=O) groups is 2. The van der Waals surface area contributed by atoms with Gasteiger partial charge >= 0.3 is 0 Å². The summed E-state index contributed by atoms with van der Waals surface area (Å²) in [5.41, 5.74) is 1.31. The number of benzene rings is 1. The maximum Gasteiger partial charge on any atom is 0.266 e. The van der Waals surface area contributed by atoms with E-state index in [1.54, 1.807) is 18.2 Å². The Bertz CT molecular complexity index is 740. The lowest BCUT2D eigenvalue weighted by molar-refractivity contribution is -0.121. The molecule has 7 heteroatoms. The molecular formula is C14H17N3O3S. The molecule has 0 saturated carbocycles. The second kappa shape index (κ2) is 5.69. The summed E-state index contributed by atoms with van der Waals surface area (Å²) in [6.45, 7) is 5.55. The quantitative estimate of drug-likeness (QED) is 0.758. The van der Waals surface area contributed by atoms with Crippen LogP contribution in [0.3, 0.4) is 0 Å². The first-order chi connectivity index (χ1) is 9.74. The molecule has 0 saturated heterocycles. The van der Waals surface area contributed by atoms with Crippen molar-refractivity contribution in [1.82, 2.24) is 15.6 Å². The number of amides is 2. The van der Waals surface area contributed by atoms with Crippen molar-refractivity contribution in [1.29, 1.82) is 0 Å². The Morgan fingerprint density at radius 2 is 2.05 bits per heavy atom. The average Bonchev–Trinajstić information content (AvgIpc) is 2.72. The van der Waals surface area contributed by atoms with Gasteiger partial charge in [-0.1, -0.05) is 0 Å². The number of nitrogens with one attached hydrogen (secondary N) is 3. The molecule has 0 atom stereocenters. The van der Waals surface area contributed by atoms with E-state index in [9.17, 15) is 9.59 Å². The predicted molar refractivity (Wildman–Crippen MR) is 81.6 cm³/mol. The summed E-state index contributed by atoms with van der Waals surface area (Å²) in [6, 6.07) is 4.93. The largest absolute Gasteiger partial charge is 0.429 e. The summed E-state index contributed by atoms with van der Waals surface area (Å²) < 4.78 is 5.25. The van der Waals surface area contributed by atoms with Crippen molar-refractivity contribution >= 4 is 35.1 Å². The average molecular weight is 307 g/mol. The van der Waals surface area contributed by atoms with Gasteiger partial charge in [0, 0.05) is 11.1 Å². The molecule has 0 fully saturated rings. The predicted octanol–water partition coefficient (Wildman–Crippen LogP) is 2.13. The summed E-state index contributed by atoms with van der Waals surface area (Å²) in [6.07, 6.45) is 0. The molecule has 1 aromatic heterocycles. The highest BCUT2D eigenvalue weighted by Crippen LogP contribution is 2.15. The minimum Gasteiger partial charge on any atom is -0.429 e. The summed E-state index contributed by atoms with van der Waals surface area (Å²) >= 11 is 4.88. The van der Waals surface area contributed by atoms with Crippen molar-refractivity contribution in [2.24, 2.45) is 0 Å². The molecule has 2 aromatic rings. The lowest BCUT2D eigenvalue weighted by Gasteiger charge is -2.20. The molecule has 0 aliphatic rings. The van der Waals surface area contributed by atoms with Crippen molar-refractivity contribution in [2.45, 2.75) is 26.3 Å². The maximum atomic E-state index is 12.0. The Morgan fingerprint density at radius 1 is 1.33 bits per heavy atom. The molecule has 0 aliphatic heterocycles. The first-order valence-corrected chi connectivity index (χ1v) is 6.87. The highest BCUT2D eigenvalue weighted by Gasteiger charge is 2.15. The van der Waals surface area contributed by atoms with Crippen molar-refractivity contribution in [3.8, 4) is 0 Å². The van der Waals surface area contributed by atoms with Crippen LogP contribution in [-0.2, 0) is 4.79 Å². The second-order valence-corrected chi connectivity index (χ2v) is 6.08. The molecule has 1 aromatic carbocycles. The van der Waals surface area contributed by atoms with Crippen LogP contribution in [0.2, 0.25) is 0 Å². The van der Waals surface area contributed by atoms with Crippen LogP contribution >= 0.6 is 12.2 Å². The van der Waals surface area contributed by atoms with Crippen molar-refractivity contribution in [2.75, 3.05) is 6.54 Å². The van der Waals surface area contributed by atoms with Gasteiger partial charge in [0.05, 0.1) is 12.1 Å². The zero-order valence-electron chi connectivity index (χ0n) is 12.1. The Balaban J connectivity index is 2.02. The molecule has 1 heterocycles. The number of fused-ring (bicyclic) bond motifs is 1. The Hall–Kier alpha value is -2.15. The molecule has 2 amide bonds.